The predicted octanol–water partition coefficient (Wildman–Crippen LogP) is 4.27. The summed E-state index contributed by atoms with van der Waals surface area (Å²) in [5, 5.41) is 1.88. The molecule has 1 rings (SSSR count). The molecule has 0 amide bonds. The number of alkyl halides is 1. The van der Waals surface area contributed by atoms with Crippen molar-refractivity contribution in [2.45, 2.75) is 12.8 Å². The maximum absolute atomic E-state index is 5.84. The van der Waals surface area contributed by atoms with Crippen LogP contribution < -0.4 is 0 Å². The lowest BCUT2D eigenvalue weighted by Crippen LogP contribution is -1.89. The summed E-state index contributed by atoms with van der Waals surface area (Å²) in [7, 11) is 0. The Bertz CT molecular complexity index is 263. The van der Waals surface area contributed by atoms with E-state index in [4.69, 9.17) is 11.6 Å². The van der Waals surface area contributed by atoms with Gasteiger partial charge in [0.15, 0.2) is 0 Å². The molecule has 3 heteroatoms. The van der Waals surface area contributed by atoms with Gasteiger partial charge in [0.05, 0.1) is 0 Å². The largest absolute Gasteiger partial charge is 0.0928 e. The minimum Gasteiger partial charge on any atom is -0.0928 e. The summed E-state index contributed by atoms with van der Waals surface area (Å²) in [5.41, 5.74) is 1.39. The van der Waals surface area contributed by atoms with Crippen LogP contribution in [0.2, 0.25) is 5.02 Å². The van der Waals surface area contributed by atoms with Crippen molar-refractivity contribution in [3.8, 4) is 0 Å². The van der Waals surface area contributed by atoms with Crippen molar-refractivity contribution < 1.29 is 0 Å². The Morgan fingerprint density at radius 2 is 2.17 bits per heavy atom. The topological polar surface area (TPSA) is 0 Å². The van der Waals surface area contributed by atoms with Crippen LogP contribution >= 0.6 is 50.1 Å². The van der Waals surface area contributed by atoms with Gasteiger partial charge in [-0.2, -0.15) is 0 Å². The van der Waals surface area contributed by atoms with Gasteiger partial charge in [0, 0.05) is 13.9 Å². The molecular formula is C9H9BrClI. The van der Waals surface area contributed by atoms with Crippen molar-refractivity contribution in [3.05, 3.63) is 32.4 Å². The molecule has 0 radical (unpaired) electrons. The van der Waals surface area contributed by atoms with Crippen LogP contribution in [0.15, 0.2) is 18.2 Å². The average Bonchev–Trinajstić information content (AvgIpc) is 2.03. The summed E-state index contributed by atoms with van der Waals surface area (Å²) < 4.78 is 1.26. The molecule has 0 aliphatic heterocycles. The van der Waals surface area contributed by atoms with Crippen LogP contribution in [-0.4, -0.2) is 5.33 Å². The molecule has 0 fully saturated rings. The number of hydrogen-bond acceptors (Lipinski definition) is 0. The summed E-state index contributed by atoms with van der Waals surface area (Å²) in [5.74, 6) is 0. The average molecular weight is 359 g/mol. The third-order valence-electron chi connectivity index (χ3n) is 1.59. The molecule has 0 bridgehead atoms. The minimum atomic E-state index is 0.821. The van der Waals surface area contributed by atoms with E-state index in [-0.39, 0.29) is 0 Å². The van der Waals surface area contributed by atoms with Crippen LogP contribution in [0.25, 0.3) is 0 Å². The first kappa shape index (κ1) is 10.8. The predicted molar refractivity (Wildman–Crippen MR) is 66.3 cm³/mol. The molecule has 1 aromatic rings. The van der Waals surface area contributed by atoms with Crippen molar-refractivity contribution in [1.29, 1.82) is 0 Å². The zero-order valence-electron chi connectivity index (χ0n) is 6.49. The van der Waals surface area contributed by atoms with Gasteiger partial charge < -0.3 is 0 Å². The molecule has 0 spiro atoms. The van der Waals surface area contributed by atoms with E-state index in [0.29, 0.717) is 0 Å². The Morgan fingerprint density at radius 3 is 2.75 bits per heavy atom. The van der Waals surface area contributed by atoms with Crippen molar-refractivity contribution in [2.24, 2.45) is 0 Å². The van der Waals surface area contributed by atoms with Crippen LogP contribution in [-0.2, 0) is 6.42 Å². The van der Waals surface area contributed by atoms with Gasteiger partial charge in [-0.15, -0.1) is 0 Å². The molecule has 0 saturated heterocycles. The van der Waals surface area contributed by atoms with Gasteiger partial charge in [-0.05, 0) is 53.1 Å². The highest BCUT2D eigenvalue weighted by atomic mass is 127. The normalized spacial score (nSPS) is 10.2. The van der Waals surface area contributed by atoms with Gasteiger partial charge in [0.25, 0.3) is 0 Å². The van der Waals surface area contributed by atoms with Crippen LogP contribution in [0.5, 0.6) is 0 Å². The van der Waals surface area contributed by atoms with Crippen molar-refractivity contribution in [2.75, 3.05) is 5.33 Å². The highest BCUT2D eigenvalue weighted by Gasteiger charge is 1.99. The maximum Gasteiger partial charge on any atom is 0.0416 e. The second kappa shape index (κ2) is 5.45. The van der Waals surface area contributed by atoms with Crippen LogP contribution in [0, 0.1) is 3.57 Å². The Hall–Kier alpha value is 0.720. The van der Waals surface area contributed by atoms with E-state index in [1.165, 1.54) is 15.6 Å². The smallest absolute Gasteiger partial charge is 0.0416 e. The first-order chi connectivity index (χ1) is 5.74. The summed E-state index contributed by atoms with van der Waals surface area (Å²) in [6.45, 7) is 0. The van der Waals surface area contributed by atoms with E-state index in [9.17, 15) is 0 Å². The van der Waals surface area contributed by atoms with Crippen molar-refractivity contribution >= 4 is 50.1 Å². The van der Waals surface area contributed by atoms with E-state index in [2.05, 4.69) is 44.6 Å². The summed E-state index contributed by atoms with van der Waals surface area (Å²) >= 11 is 11.6. The van der Waals surface area contributed by atoms with E-state index in [1.54, 1.807) is 0 Å². The zero-order valence-corrected chi connectivity index (χ0v) is 11.0. The number of aryl methyl sites for hydroxylation is 1. The Labute approximate surface area is 100.0 Å². The van der Waals surface area contributed by atoms with Crippen LogP contribution in [0.4, 0.5) is 0 Å². The van der Waals surface area contributed by atoms with E-state index < -0.39 is 0 Å². The Kier molecular flexibility index (Phi) is 4.90. The van der Waals surface area contributed by atoms with E-state index in [1.807, 2.05) is 12.1 Å². The third-order valence-corrected chi connectivity index (χ3v) is 3.39. The highest BCUT2D eigenvalue weighted by molar-refractivity contribution is 14.1. The first-order valence-electron chi connectivity index (χ1n) is 3.74. The van der Waals surface area contributed by atoms with Crippen molar-refractivity contribution in [1.82, 2.24) is 0 Å². The fraction of sp³-hybridized carbons (Fsp3) is 0.333. The van der Waals surface area contributed by atoms with Gasteiger partial charge in [-0.25, -0.2) is 0 Å². The molecule has 1 aromatic carbocycles. The summed E-state index contributed by atoms with van der Waals surface area (Å²) in [6, 6.07) is 6.06. The van der Waals surface area contributed by atoms with Gasteiger partial charge in [0.2, 0.25) is 0 Å². The number of benzene rings is 1. The molecular weight excluding hydrogens is 350 g/mol. The molecule has 0 N–H and O–H groups in total. The SMILES string of the molecule is Clc1ccc(CCCBr)c(I)c1. The number of halogens is 3. The second-order valence-corrected chi connectivity index (χ2v) is 4.92. The van der Waals surface area contributed by atoms with Crippen LogP contribution in [0.3, 0.4) is 0 Å². The molecule has 0 saturated carbocycles. The Morgan fingerprint density at radius 1 is 1.42 bits per heavy atom. The minimum absolute atomic E-state index is 0.821. The molecule has 0 aliphatic carbocycles. The van der Waals surface area contributed by atoms with Gasteiger partial charge in [-0.1, -0.05) is 33.6 Å². The summed E-state index contributed by atoms with van der Waals surface area (Å²) in [4.78, 5) is 0. The van der Waals surface area contributed by atoms with E-state index >= 15 is 0 Å². The standard InChI is InChI=1S/C9H9BrClI/c10-5-1-2-7-3-4-8(11)6-9(7)12/h3-4,6H,1-2,5H2. The molecule has 0 heterocycles. The first-order valence-corrected chi connectivity index (χ1v) is 6.31. The molecule has 0 atom stereocenters. The number of hydrogen-bond donors (Lipinski definition) is 0. The van der Waals surface area contributed by atoms with Crippen molar-refractivity contribution in [3.63, 3.8) is 0 Å². The van der Waals surface area contributed by atoms with Gasteiger partial charge >= 0.3 is 0 Å². The number of rotatable bonds is 3. The monoisotopic (exact) mass is 358 g/mol. The quantitative estimate of drug-likeness (QED) is 0.558. The van der Waals surface area contributed by atoms with Crippen LogP contribution in [0.1, 0.15) is 12.0 Å². The summed E-state index contributed by atoms with van der Waals surface area (Å²) in [6.07, 6.45) is 2.30. The highest BCUT2D eigenvalue weighted by Crippen LogP contribution is 2.19. The molecule has 0 nitrogen and oxygen atoms in total. The zero-order chi connectivity index (χ0) is 8.97. The van der Waals surface area contributed by atoms with Gasteiger partial charge in [0.1, 0.15) is 0 Å². The molecule has 66 valence electrons. The lowest BCUT2D eigenvalue weighted by molar-refractivity contribution is 0.934. The fourth-order valence-electron chi connectivity index (χ4n) is 0.982. The lowest BCUT2D eigenvalue weighted by Gasteiger charge is -2.02. The molecule has 0 unspecified atom stereocenters. The fourth-order valence-corrected chi connectivity index (χ4v) is 2.40. The third kappa shape index (κ3) is 3.23. The maximum atomic E-state index is 5.84. The molecule has 12 heavy (non-hydrogen) atoms. The van der Waals surface area contributed by atoms with Gasteiger partial charge in [-0.3, -0.25) is 0 Å². The Balaban J connectivity index is 2.72. The van der Waals surface area contributed by atoms with E-state index in [0.717, 1.165) is 16.8 Å². The molecule has 0 aliphatic rings. The second-order valence-electron chi connectivity index (χ2n) is 2.53. The molecule has 0 aromatic heterocycles. The lowest BCUT2D eigenvalue weighted by atomic mass is 10.1.